The molecule has 0 fully saturated rings. The fraction of sp³-hybridized carbons (Fsp3) is 0.972. The zero-order valence-corrected chi connectivity index (χ0v) is 27.7. The van der Waals surface area contributed by atoms with Crippen LogP contribution in [0.25, 0.3) is 0 Å². The van der Waals surface area contributed by atoms with Crippen molar-refractivity contribution < 1.29 is 9.70 Å². The second-order valence-electron chi connectivity index (χ2n) is 13.1. The third-order valence-electron chi connectivity index (χ3n) is 8.44. The summed E-state index contributed by atoms with van der Waals surface area (Å²) >= 11 is 0. The van der Waals surface area contributed by atoms with Crippen LogP contribution in [0.4, 0.5) is 0 Å². The maximum Gasteiger partial charge on any atom is 0.103 e. The summed E-state index contributed by atoms with van der Waals surface area (Å²) in [6, 6.07) is 0. The van der Waals surface area contributed by atoms with Crippen LogP contribution in [-0.4, -0.2) is 31.1 Å². The summed E-state index contributed by atoms with van der Waals surface area (Å²) in [6.07, 6.45) is 40.4. The first-order valence-electron chi connectivity index (χ1n) is 18.1. The maximum absolute atomic E-state index is 12.4. The number of hydrogen-bond acceptors (Lipinski definition) is 2. The molecule has 0 aliphatic rings. The molecule has 0 aromatic rings. The molecular formula is C36H74N2O. The molecule has 0 heterocycles. The van der Waals surface area contributed by atoms with Gasteiger partial charge in [-0.05, 0) is 25.7 Å². The topological polar surface area (TPSA) is 35.4 Å². The van der Waals surface area contributed by atoms with Crippen LogP contribution in [0.15, 0.2) is 5.10 Å². The Kier molecular flexibility index (Phi) is 29.9. The lowest BCUT2D eigenvalue weighted by Gasteiger charge is -2.25. The monoisotopic (exact) mass is 551 g/mol. The maximum atomic E-state index is 12.4. The average Bonchev–Trinajstić information content (AvgIpc) is 2.90. The smallest absolute Gasteiger partial charge is 0.103 e. The lowest BCUT2D eigenvalue weighted by molar-refractivity contribution is -0.898. The van der Waals surface area contributed by atoms with Gasteiger partial charge in [-0.2, -0.15) is 0 Å². The predicted octanol–water partition coefficient (Wildman–Crippen LogP) is 11.5. The molecule has 0 aliphatic carbocycles. The van der Waals surface area contributed by atoms with E-state index in [1.165, 1.54) is 180 Å². The number of hydrogen-bond donors (Lipinski definition) is 0. The first kappa shape index (κ1) is 38.4. The third-order valence-corrected chi connectivity index (χ3v) is 8.44. The first-order chi connectivity index (χ1) is 19.0. The molecule has 0 radical (unpaired) electrons. The molecule has 0 saturated heterocycles. The molecule has 3 heteroatoms. The van der Waals surface area contributed by atoms with Crippen LogP contribution in [0.2, 0.25) is 0 Å². The summed E-state index contributed by atoms with van der Waals surface area (Å²) in [6.45, 7) is 5.57. The zero-order valence-electron chi connectivity index (χ0n) is 27.7. The van der Waals surface area contributed by atoms with E-state index in [1.54, 1.807) is 0 Å². The predicted molar refractivity (Wildman–Crippen MR) is 174 cm³/mol. The Hall–Kier alpha value is -0.570. The molecular weight excluding hydrogens is 476 g/mol. The van der Waals surface area contributed by atoms with E-state index in [9.17, 15) is 5.11 Å². The minimum Gasteiger partial charge on any atom is -0.858 e. The van der Waals surface area contributed by atoms with Crippen LogP contribution >= 0.6 is 0 Å². The van der Waals surface area contributed by atoms with Gasteiger partial charge < -0.3 is 5.11 Å². The number of rotatable bonds is 32. The van der Waals surface area contributed by atoms with Crippen molar-refractivity contribution in [3.63, 3.8) is 0 Å². The molecule has 0 aromatic carbocycles. The highest BCUT2D eigenvalue weighted by Crippen LogP contribution is 2.15. The van der Waals surface area contributed by atoms with Crippen molar-refractivity contribution in [3.05, 3.63) is 0 Å². The van der Waals surface area contributed by atoms with Crippen LogP contribution in [0, 0.1) is 0 Å². The van der Waals surface area contributed by atoms with Crippen molar-refractivity contribution in [2.24, 2.45) is 5.10 Å². The van der Waals surface area contributed by atoms with Crippen LogP contribution in [0.1, 0.15) is 206 Å². The molecule has 3 nitrogen and oxygen atoms in total. The molecule has 0 atom stereocenters. The Morgan fingerprint density at radius 2 is 0.667 bits per heavy atom. The van der Waals surface area contributed by atoms with Gasteiger partial charge in [0.25, 0.3) is 0 Å². The van der Waals surface area contributed by atoms with Gasteiger partial charge in [-0.25, -0.2) is 4.59 Å². The van der Waals surface area contributed by atoms with Gasteiger partial charge >= 0.3 is 0 Å². The largest absolute Gasteiger partial charge is 0.858 e. The molecule has 0 spiro atoms. The van der Waals surface area contributed by atoms with Crippen molar-refractivity contribution in [3.8, 4) is 0 Å². The van der Waals surface area contributed by atoms with E-state index in [2.05, 4.69) is 33.0 Å². The number of nitrogens with zero attached hydrogens (tertiary/aromatic N) is 2. The van der Waals surface area contributed by atoms with Crippen molar-refractivity contribution in [1.29, 1.82) is 0 Å². The fourth-order valence-corrected chi connectivity index (χ4v) is 5.74. The van der Waals surface area contributed by atoms with Crippen molar-refractivity contribution in [2.45, 2.75) is 206 Å². The second kappa shape index (κ2) is 30.4. The molecule has 0 rings (SSSR count). The third kappa shape index (κ3) is 31.8. The van der Waals surface area contributed by atoms with Crippen molar-refractivity contribution >= 4 is 5.90 Å². The van der Waals surface area contributed by atoms with Gasteiger partial charge in [0.15, 0.2) is 0 Å². The van der Waals surface area contributed by atoms with E-state index in [4.69, 9.17) is 0 Å². The van der Waals surface area contributed by atoms with E-state index in [-0.39, 0.29) is 5.90 Å². The Balaban J connectivity index is 3.47. The normalized spacial score (nSPS) is 12.5. The highest BCUT2D eigenvalue weighted by atomic mass is 16.3. The molecule has 0 N–H and O–H groups in total. The Morgan fingerprint density at radius 1 is 0.410 bits per heavy atom. The summed E-state index contributed by atoms with van der Waals surface area (Å²) in [5.41, 5.74) is 0. The van der Waals surface area contributed by atoms with E-state index in [0.29, 0.717) is 11.0 Å². The SMILES string of the molecule is CCCCCCCCCCCCCCCCCCC/C([O-])=N/[N+](C)(C)CCCCCCCCCCCCCC. The van der Waals surface area contributed by atoms with Gasteiger partial charge in [-0.1, -0.05) is 181 Å². The van der Waals surface area contributed by atoms with Gasteiger partial charge in [-0.15, -0.1) is 5.10 Å². The standard InChI is InChI=1S/C36H74N2O/c1-5-7-9-11-13-15-17-19-20-21-22-23-24-26-28-30-32-34-36(39)37-38(3,4)35-33-31-29-27-25-18-16-14-12-10-8-6-2/h5-35H2,1-4H3. The van der Waals surface area contributed by atoms with E-state index in [1.807, 2.05) is 0 Å². The van der Waals surface area contributed by atoms with Gasteiger partial charge in [-0.3, -0.25) is 0 Å². The van der Waals surface area contributed by atoms with E-state index < -0.39 is 0 Å². The van der Waals surface area contributed by atoms with E-state index in [0.717, 1.165) is 13.0 Å². The summed E-state index contributed by atoms with van der Waals surface area (Å²) in [7, 11) is 4.18. The Bertz CT molecular complexity index is 502. The lowest BCUT2D eigenvalue weighted by atomic mass is 10.0. The number of unbranched alkanes of at least 4 members (excludes halogenated alkanes) is 27. The van der Waals surface area contributed by atoms with Crippen LogP contribution < -0.4 is 5.11 Å². The molecule has 0 saturated carbocycles. The van der Waals surface area contributed by atoms with Gasteiger partial charge in [0, 0.05) is 5.90 Å². The molecule has 0 aromatic heterocycles. The van der Waals surface area contributed by atoms with Crippen molar-refractivity contribution in [1.82, 2.24) is 0 Å². The summed E-state index contributed by atoms with van der Waals surface area (Å²) in [5, 5.41) is 16.9. The molecule has 234 valence electrons. The first-order valence-corrected chi connectivity index (χ1v) is 18.1. The fourth-order valence-electron chi connectivity index (χ4n) is 5.74. The molecule has 0 bridgehead atoms. The summed E-state index contributed by atoms with van der Waals surface area (Å²) in [4.78, 5) is 0. The van der Waals surface area contributed by atoms with E-state index >= 15 is 0 Å². The summed E-state index contributed by atoms with van der Waals surface area (Å²) in [5.74, 6) is 0.111. The van der Waals surface area contributed by atoms with Crippen molar-refractivity contribution in [2.75, 3.05) is 20.6 Å². The zero-order chi connectivity index (χ0) is 28.7. The Morgan fingerprint density at radius 3 is 0.974 bits per heavy atom. The molecule has 0 aliphatic heterocycles. The van der Waals surface area contributed by atoms with Crippen LogP contribution in [-0.2, 0) is 0 Å². The highest BCUT2D eigenvalue weighted by molar-refractivity contribution is 5.70. The molecule has 39 heavy (non-hydrogen) atoms. The van der Waals surface area contributed by atoms with Crippen LogP contribution in [0.5, 0.6) is 0 Å². The quantitative estimate of drug-likeness (QED) is 0.0270. The molecule has 0 amide bonds. The number of quaternary nitrogens is 1. The Labute approximate surface area is 247 Å². The minimum absolute atomic E-state index is 0.111. The van der Waals surface area contributed by atoms with Gasteiger partial charge in [0.2, 0.25) is 0 Å². The lowest BCUT2D eigenvalue weighted by Crippen LogP contribution is -2.38. The van der Waals surface area contributed by atoms with Gasteiger partial charge in [0.1, 0.15) is 6.54 Å². The van der Waals surface area contributed by atoms with Gasteiger partial charge in [0.05, 0.1) is 14.1 Å². The van der Waals surface area contributed by atoms with Crippen LogP contribution in [0.3, 0.4) is 0 Å². The summed E-state index contributed by atoms with van der Waals surface area (Å²) < 4.78 is 0.509. The highest BCUT2D eigenvalue weighted by Gasteiger charge is 2.12. The second-order valence-corrected chi connectivity index (χ2v) is 13.1. The average molecular weight is 551 g/mol. The molecule has 0 unspecified atom stereocenters. The minimum atomic E-state index is 0.111.